The van der Waals surface area contributed by atoms with Gasteiger partial charge in [0.1, 0.15) is 6.10 Å². The molecule has 0 aromatic carbocycles. The van der Waals surface area contributed by atoms with Gasteiger partial charge in [-0.05, 0) is 12.8 Å². The maximum Gasteiger partial charge on any atom is 0.328 e. The van der Waals surface area contributed by atoms with Gasteiger partial charge in [0.05, 0.1) is 12.7 Å². The molecule has 1 amide bonds. The third kappa shape index (κ3) is 3.95. The molecule has 1 saturated heterocycles. The van der Waals surface area contributed by atoms with Crippen LogP contribution < -0.4 is 11.1 Å². The molecule has 1 heterocycles. The van der Waals surface area contributed by atoms with Crippen molar-refractivity contribution in [1.82, 2.24) is 5.32 Å². The summed E-state index contributed by atoms with van der Waals surface area (Å²) in [7, 11) is 1.37. The lowest BCUT2D eigenvalue weighted by Gasteiger charge is -2.17. The summed E-state index contributed by atoms with van der Waals surface area (Å²) in [5, 5.41) is 11.2. The van der Waals surface area contributed by atoms with E-state index in [0.29, 0.717) is 13.0 Å². The largest absolute Gasteiger partial charge is 0.480 e. The number of carboxylic acid groups (broad SMARTS) is 1. The van der Waals surface area contributed by atoms with E-state index in [1.54, 1.807) is 0 Å². The van der Waals surface area contributed by atoms with Gasteiger partial charge in [0.2, 0.25) is 5.91 Å². The van der Waals surface area contributed by atoms with E-state index < -0.39 is 24.0 Å². The van der Waals surface area contributed by atoms with Crippen LogP contribution in [-0.4, -0.2) is 55.5 Å². The van der Waals surface area contributed by atoms with E-state index in [1.165, 1.54) is 7.11 Å². The number of carbonyl (C=O) groups excluding carboxylic acids is 1. The molecule has 3 unspecified atom stereocenters. The number of aliphatic carboxylic acids is 1. The van der Waals surface area contributed by atoms with E-state index in [0.717, 1.165) is 6.42 Å². The van der Waals surface area contributed by atoms with Crippen molar-refractivity contribution >= 4 is 11.9 Å². The molecule has 1 rings (SSSR count). The average molecular weight is 246 g/mol. The molecule has 0 spiro atoms. The van der Waals surface area contributed by atoms with Crippen molar-refractivity contribution in [3.05, 3.63) is 0 Å². The number of methoxy groups -OCH3 is 1. The normalized spacial score (nSPS) is 25.5. The predicted octanol–water partition coefficient (Wildman–Crippen LogP) is -1.29. The molecule has 7 heteroatoms. The monoisotopic (exact) mass is 246 g/mol. The van der Waals surface area contributed by atoms with Crippen LogP contribution in [0.5, 0.6) is 0 Å². The summed E-state index contributed by atoms with van der Waals surface area (Å²) >= 11 is 0. The molecule has 0 aliphatic carbocycles. The second-order valence-corrected chi connectivity index (χ2v) is 3.91. The Morgan fingerprint density at radius 2 is 2.29 bits per heavy atom. The summed E-state index contributed by atoms with van der Waals surface area (Å²) in [5.41, 5.74) is 5.42. The third-order valence-electron chi connectivity index (χ3n) is 2.61. The first kappa shape index (κ1) is 13.9. The van der Waals surface area contributed by atoms with Gasteiger partial charge in [-0.25, -0.2) is 4.79 Å². The molecule has 0 aromatic rings. The fraction of sp³-hybridized carbons (Fsp3) is 0.800. The average Bonchev–Trinajstić information content (AvgIpc) is 2.76. The standard InChI is InChI=1S/C10H18N2O5/c1-16-5-7(10(14)15)12-9(13)8-3-2-6(4-11)17-8/h6-8H,2-5,11H2,1H3,(H,12,13)(H,14,15). The lowest BCUT2D eigenvalue weighted by Crippen LogP contribution is -2.47. The zero-order valence-corrected chi connectivity index (χ0v) is 9.72. The van der Waals surface area contributed by atoms with Crippen LogP contribution in [0.1, 0.15) is 12.8 Å². The number of rotatable bonds is 6. The van der Waals surface area contributed by atoms with Gasteiger partial charge in [0, 0.05) is 13.7 Å². The fourth-order valence-corrected chi connectivity index (χ4v) is 1.68. The van der Waals surface area contributed by atoms with Crippen molar-refractivity contribution < 1.29 is 24.2 Å². The summed E-state index contributed by atoms with van der Waals surface area (Å²) in [6.07, 6.45) is 0.558. The van der Waals surface area contributed by atoms with Crippen molar-refractivity contribution in [3.63, 3.8) is 0 Å². The van der Waals surface area contributed by atoms with Crippen LogP contribution in [0.3, 0.4) is 0 Å². The Labute approximate surface area is 99.3 Å². The number of amides is 1. The first-order chi connectivity index (χ1) is 8.08. The summed E-state index contributed by atoms with van der Waals surface area (Å²) in [4.78, 5) is 22.5. The van der Waals surface area contributed by atoms with Gasteiger partial charge in [-0.15, -0.1) is 0 Å². The number of ether oxygens (including phenoxy) is 2. The van der Waals surface area contributed by atoms with Crippen LogP contribution in [0.25, 0.3) is 0 Å². The molecule has 0 radical (unpaired) electrons. The molecule has 4 N–H and O–H groups in total. The Balaban J connectivity index is 2.45. The number of hydrogen-bond acceptors (Lipinski definition) is 5. The number of nitrogens with one attached hydrogen (secondary N) is 1. The maximum absolute atomic E-state index is 11.7. The number of carboxylic acids is 1. The smallest absolute Gasteiger partial charge is 0.328 e. The topological polar surface area (TPSA) is 111 Å². The highest BCUT2D eigenvalue weighted by molar-refractivity contribution is 5.86. The molecule has 3 atom stereocenters. The Kier molecular flexibility index (Phi) is 5.33. The lowest BCUT2D eigenvalue weighted by molar-refractivity contribution is -0.145. The van der Waals surface area contributed by atoms with Gasteiger partial charge in [-0.1, -0.05) is 0 Å². The molecular formula is C10H18N2O5. The van der Waals surface area contributed by atoms with Crippen molar-refractivity contribution in [3.8, 4) is 0 Å². The Morgan fingerprint density at radius 3 is 2.76 bits per heavy atom. The SMILES string of the molecule is COCC(NC(=O)C1CCC(CN)O1)C(=O)O. The molecule has 0 aromatic heterocycles. The van der Waals surface area contributed by atoms with E-state index in [4.69, 9.17) is 20.3 Å². The van der Waals surface area contributed by atoms with Crippen LogP contribution in [0.2, 0.25) is 0 Å². The minimum Gasteiger partial charge on any atom is -0.480 e. The molecule has 0 saturated carbocycles. The lowest BCUT2D eigenvalue weighted by atomic mass is 10.2. The second-order valence-electron chi connectivity index (χ2n) is 3.91. The van der Waals surface area contributed by atoms with Gasteiger partial charge < -0.3 is 25.6 Å². The first-order valence-corrected chi connectivity index (χ1v) is 5.46. The molecule has 1 aliphatic heterocycles. The van der Waals surface area contributed by atoms with Crippen LogP contribution in [0.15, 0.2) is 0 Å². The molecular weight excluding hydrogens is 228 g/mol. The van der Waals surface area contributed by atoms with E-state index >= 15 is 0 Å². The van der Waals surface area contributed by atoms with Gasteiger partial charge in [0.25, 0.3) is 0 Å². The van der Waals surface area contributed by atoms with Crippen LogP contribution in [0, 0.1) is 0 Å². The van der Waals surface area contributed by atoms with Crippen molar-refractivity contribution in [1.29, 1.82) is 0 Å². The Bertz CT molecular complexity index is 284. The van der Waals surface area contributed by atoms with Gasteiger partial charge in [0.15, 0.2) is 6.04 Å². The van der Waals surface area contributed by atoms with Gasteiger partial charge in [-0.3, -0.25) is 4.79 Å². The second kappa shape index (κ2) is 6.53. The highest BCUT2D eigenvalue weighted by atomic mass is 16.5. The summed E-state index contributed by atoms with van der Waals surface area (Å²) in [5.74, 6) is -1.56. The zero-order valence-electron chi connectivity index (χ0n) is 9.72. The molecule has 1 aliphatic rings. The third-order valence-corrected chi connectivity index (χ3v) is 2.61. The number of nitrogens with two attached hydrogens (primary N) is 1. The summed E-state index contributed by atoms with van der Waals surface area (Å²) in [6.45, 7) is 0.290. The molecule has 0 bridgehead atoms. The van der Waals surface area contributed by atoms with Crippen molar-refractivity contribution in [2.45, 2.75) is 31.1 Å². The van der Waals surface area contributed by atoms with E-state index in [2.05, 4.69) is 5.32 Å². The van der Waals surface area contributed by atoms with Gasteiger partial charge >= 0.3 is 5.97 Å². The van der Waals surface area contributed by atoms with E-state index in [1.807, 2.05) is 0 Å². The quantitative estimate of drug-likeness (QED) is 0.537. The zero-order chi connectivity index (χ0) is 12.8. The van der Waals surface area contributed by atoms with E-state index in [9.17, 15) is 9.59 Å². The Morgan fingerprint density at radius 1 is 1.59 bits per heavy atom. The minimum absolute atomic E-state index is 0.0753. The molecule has 98 valence electrons. The van der Waals surface area contributed by atoms with Crippen molar-refractivity contribution in [2.24, 2.45) is 5.73 Å². The maximum atomic E-state index is 11.7. The van der Waals surface area contributed by atoms with E-state index in [-0.39, 0.29) is 12.7 Å². The minimum atomic E-state index is -1.13. The first-order valence-electron chi connectivity index (χ1n) is 5.46. The van der Waals surface area contributed by atoms with Gasteiger partial charge in [-0.2, -0.15) is 0 Å². The molecule has 1 fully saturated rings. The number of carbonyl (C=O) groups is 2. The Hall–Kier alpha value is -1.18. The highest BCUT2D eigenvalue weighted by Crippen LogP contribution is 2.18. The summed E-state index contributed by atoms with van der Waals surface area (Å²) in [6, 6.07) is -1.05. The predicted molar refractivity (Wildman–Crippen MR) is 58.4 cm³/mol. The van der Waals surface area contributed by atoms with Crippen LogP contribution in [-0.2, 0) is 19.1 Å². The number of hydrogen-bond donors (Lipinski definition) is 3. The van der Waals surface area contributed by atoms with Crippen LogP contribution >= 0.6 is 0 Å². The fourth-order valence-electron chi connectivity index (χ4n) is 1.68. The van der Waals surface area contributed by atoms with Crippen LogP contribution in [0.4, 0.5) is 0 Å². The van der Waals surface area contributed by atoms with Crippen molar-refractivity contribution in [2.75, 3.05) is 20.3 Å². The molecule has 7 nitrogen and oxygen atoms in total. The highest BCUT2D eigenvalue weighted by Gasteiger charge is 2.32. The summed E-state index contributed by atoms with van der Waals surface area (Å²) < 4.78 is 10.1. The molecule has 17 heavy (non-hydrogen) atoms.